The number of methoxy groups -OCH3 is 1. The third-order valence-corrected chi connectivity index (χ3v) is 11.5. The molecule has 0 N–H and O–H groups in total. The lowest BCUT2D eigenvalue weighted by molar-refractivity contribution is -0.140. The van der Waals surface area contributed by atoms with Crippen molar-refractivity contribution in [1.29, 1.82) is 5.26 Å². The molecular formula is C37H31F3N4O4S2. The van der Waals surface area contributed by atoms with Crippen molar-refractivity contribution in [2.24, 2.45) is 4.99 Å². The van der Waals surface area contributed by atoms with Crippen LogP contribution in [0.3, 0.4) is 0 Å². The molecule has 0 bridgehead atoms. The van der Waals surface area contributed by atoms with E-state index in [0.29, 0.717) is 21.9 Å². The van der Waals surface area contributed by atoms with E-state index in [0.717, 1.165) is 63.5 Å². The zero-order chi connectivity index (χ0) is 35.5. The van der Waals surface area contributed by atoms with E-state index in [1.807, 2.05) is 24.5 Å². The van der Waals surface area contributed by atoms with Gasteiger partial charge in [-0.2, -0.15) is 18.4 Å². The Morgan fingerprint density at radius 2 is 1.90 bits per heavy atom. The lowest BCUT2D eigenvalue weighted by Gasteiger charge is -2.28. The largest absolute Gasteiger partial charge is 0.496 e. The molecule has 0 fully saturated rings. The molecule has 1 aliphatic heterocycles. The van der Waals surface area contributed by atoms with Gasteiger partial charge >= 0.3 is 12.1 Å². The second kappa shape index (κ2) is 12.8. The van der Waals surface area contributed by atoms with Crippen LogP contribution in [0.25, 0.3) is 21.8 Å². The molecule has 0 amide bonds. The maximum Gasteiger partial charge on any atom is 0.434 e. The minimum absolute atomic E-state index is 0.130. The van der Waals surface area contributed by atoms with Gasteiger partial charge in [-0.1, -0.05) is 41.7 Å². The van der Waals surface area contributed by atoms with Gasteiger partial charge in [0, 0.05) is 21.8 Å². The van der Waals surface area contributed by atoms with E-state index in [4.69, 9.17) is 9.47 Å². The number of thiazole rings is 1. The molecule has 0 unspecified atom stereocenters. The van der Waals surface area contributed by atoms with E-state index < -0.39 is 35.0 Å². The number of esters is 1. The number of nitriles is 1. The van der Waals surface area contributed by atoms with Crippen LogP contribution in [0.2, 0.25) is 0 Å². The monoisotopic (exact) mass is 716 g/mol. The molecule has 8 nitrogen and oxygen atoms in total. The summed E-state index contributed by atoms with van der Waals surface area (Å²) < 4.78 is 58.6. The average molecular weight is 717 g/mol. The van der Waals surface area contributed by atoms with E-state index in [1.54, 1.807) is 53.8 Å². The van der Waals surface area contributed by atoms with Crippen molar-refractivity contribution in [3.05, 3.63) is 112 Å². The smallest absolute Gasteiger partial charge is 0.434 e. The molecule has 13 heteroatoms. The molecule has 256 valence electrons. The van der Waals surface area contributed by atoms with Crippen molar-refractivity contribution in [2.45, 2.75) is 58.7 Å². The average Bonchev–Trinajstić information content (AvgIpc) is 3.71. The van der Waals surface area contributed by atoms with Gasteiger partial charge in [-0.05, 0) is 86.6 Å². The first-order chi connectivity index (χ1) is 24.0. The molecule has 4 heterocycles. The molecule has 0 saturated carbocycles. The van der Waals surface area contributed by atoms with E-state index in [1.165, 1.54) is 18.9 Å². The summed E-state index contributed by atoms with van der Waals surface area (Å²) in [6.07, 6.45) is 0.494. The minimum atomic E-state index is -5.05. The number of hydrogen-bond donors (Lipinski definition) is 0. The van der Waals surface area contributed by atoms with Crippen molar-refractivity contribution in [2.75, 3.05) is 13.7 Å². The van der Waals surface area contributed by atoms with Gasteiger partial charge in [0.2, 0.25) is 0 Å². The van der Waals surface area contributed by atoms with E-state index >= 15 is 0 Å². The fourth-order valence-corrected chi connectivity index (χ4v) is 9.50. The number of hydrogen-bond acceptors (Lipinski definition) is 8. The van der Waals surface area contributed by atoms with Crippen LogP contribution in [0.1, 0.15) is 64.3 Å². The Bertz CT molecular complexity index is 2480. The van der Waals surface area contributed by atoms with Gasteiger partial charge in [-0.25, -0.2) is 9.79 Å². The highest BCUT2D eigenvalue weighted by atomic mass is 32.1. The van der Waals surface area contributed by atoms with E-state index in [9.17, 15) is 28.0 Å². The number of carbonyl (C=O) groups is 1. The molecule has 0 saturated heterocycles. The summed E-state index contributed by atoms with van der Waals surface area (Å²) in [5.41, 5.74) is 1.42. The number of alkyl halides is 3. The summed E-state index contributed by atoms with van der Waals surface area (Å²) in [6, 6.07) is 13.1. The number of benzene rings is 2. The molecule has 7 rings (SSSR count). The van der Waals surface area contributed by atoms with E-state index in [-0.39, 0.29) is 27.3 Å². The van der Waals surface area contributed by atoms with Crippen LogP contribution >= 0.6 is 22.7 Å². The Labute approximate surface area is 292 Å². The highest BCUT2D eigenvalue weighted by Crippen LogP contribution is 2.44. The number of ether oxygens (including phenoxy) is 2. The number of aromatic nitrogens is 2. The Morgan fingerprint density at radius 1 is 1.14 bits per heavy atom. The maximum absolute atomic E-state index is 14.8. The minimum Gasteiger partial charge on any atom is -0.496 e. The number of fused-ring (bicyclic) bond motifs is 3. The summed E-state index contributed by atoms with van der Waals surface area (Å²) in [5, 5.41) is 12.1. The van der Waals surface area contributed by atoms with Gasteiger partial charge in [0.05, 0.1) is 29.4 Å². The van der Waals surface area contributed by atoms with E-state index in [2.05, 4.69) is 11.1 Å². The topological polar surface area (TPSA) is 98.6 Å². The zero-order valence-electron chi connectivity index (χ0n) is 27.6. The second-order valence-electron chi connectivity index (χ2n) is 12.1. The van der Waals surface area contributed by atoms with Crippen molar-refractivity contribution < 1.29 is 27.4 Å². The first-order valence-corrected chi connectivity index (χ1v) is 17.7. The van der Waals surface area contributed by atoms with Crippen molar-refractivity contribution in [1.82, 2.24) is 9.13 Å². The van der Waals surface area contributed by atoms with Crippen molar-refractivity contribution in [3.63, 3.8) is 0 Å². The number of nitrogens with zero attached hydrogens (tertiary/aromatic N) is 4. The highest BCUT2D eigenvalue weighted by molar-refractivity contribution is 7.15. The molecular weight excluding hydrogens is 686 g/mol. The Morgan fingerprint density at radius 3 is 2.62 bits per heavy atom. The predicted octanol–water partition coefficient (Wildman–Crippen LogP) is 6.72. The maximum atomic E-state index is 14.8. The summed E-state index contributed by atoms with van der Waals surface area (Å²) >= 11 is 2.42. The lowest BCUT2D eigenvalue weighted by atomic mass is 9.90. The lowest BCUT2D eigenvalue weighted by Crippen LogP contribution is -2.41. The molecule has 0 spiro atoms. The standard InChI is InChI=1S/C37H31F3N4O4S2/c1-5-48-35(46)30-31(29-23-11-7-6-10-21(23)14-15-26(29)47-4)44-33(45)28(50-36(44)42-32(30)37(38,39)40)17-22-16-19(2)43(20(22)3)34-25(18-41)24-12-8-9-13-27(24)49-34/h6-7,10-11,14-17,31H,5,8-9,12-13H2,1-4H3/b28-17+/t31-/m0/s1. The summed E-state index contributed by atoms with van der Waals surface area (Å²) in [6.45, 7) is 5.11. The van der Waals surface area contributed by atoms with Gasteiger partial charge in [0.1, 0.15) is 22.9 Å². The number of rotatable bonds is 6. The number of aryl methyl sites for hydroxylation is 2. The third kappa shape index (κ3) is 5.38. The second-order valence-corrected chi connectivity index (χ2v) is 14.2. The Balaban J connectivity index is 1.49. The molecule has 0 radical (unpaired) electrons. The molecule has 1 atom stereocenters. The van der Waals surface area contributed by atoms with Crippen LogP contribution < -0.4 is 19.6 Å². The molecule has 2 aliphatic rings. The molecule has 3 aromatic heterocycles. The summed E-state index contributed by atoms with van der Waals surface area (Å²) in [7, 11) is 1.38. The Hall–Kier alpha value is -4.93. The predicted molar refractivity (Wildman–Crippen MR) is 186 cm³/mol. The SMILES string of the molecule is CCOC(=O)C1=C(C(F)(F)F)N=c2s/c(=C/c3cc(C)n(-c4sc5c(c4C#N)CCCC5)c3C)c(=O)n2[C@H]1c1c(OC)ccc2ccccc12. The molecule has 1 aliphatic carbocycles. The Kier molecular flexibility index (Phi) is 8.56. The number of thiophene rings is 1. The molecule has 50 heavy (non-hydrogen) atoms. The number of allylic oxidation sites excluding steroid dienone is 1. The van der Waals surface area contributed by atoms with Crippen LogP contribution in [0.15, 0.2) is 63.5 Å². The molecule has 5 aromatic rings. The van der Waals surface area contributed by atoms with Crippen LogP contribution in [-0.4, -0.2) is 35.0 Å². The fraction of sp³-hybridized carbons (Fsp3) is 0.297. The fourth-order valence-electron chi connectivity index (χ4n) is 7.06. The number of halogens is 3. The van der Waals surface area contributed by atoms with Crippen LogP contribution in [0.4, 0.5) is 13.2 Å². The van der Waals surface area contributed by atoms with Crippen molar-refractivity contribution >= 4 is 45.5 Å². The van der Waals surface area contributed by atoms with Crippen LogP contribution in [-0.2, 0) is 22.4 Å². The normalized spacial score (nSPS) is 16.2. The number of carbonyl (C=O) groups excluding carboxylic acids is 1. The first-order valence-electron chi connectivity index (χ1n) is 16.1. The zero-order valence-corrected chi connectivity index (χ0v) is 29.2. The molecule has 2 aromatic carbocycles. The van der Waals surface area contributed by atoms with Crippen LogP contribution in [0, 0.1) is 25.2 Å². The van der Waals surface area contributed by atoms with Gasteiger partial charge in [0.15, 0.2) is 10.5 Å². The van der Waals surface area contributed by atoms with Crippen molar-refractivity contribution in [3.8, 4) is 16.8 Å². The third-order valence-electron chi connectivity index (χ3n) is 9.24. The van der Waals surface area contributed by atoms with Gasteiger partial charge in [0.25, 0.3) is 5.56 Å². The van der Waals surface area contributed by atoms with Gasteiger partial charge in [-0.15, -0.1) is 11.3 Å². The highest BCUT2D eigenvalue weighted by Gasteiger charge is 2.46. The van der Waals surface area contributed by atoms with Crippen LogP contribution in [0.5, 0.6) is 5.75 Å². The van der Waals surface area contributed by atoms with Gasteiger partial charge in [-0.3, -0.25) is 9.36 Å². The summed E-state index contributed by atoms with van der Waals surface area (Å²) in [4.78, 5) is 32.9. The first kappa shape index (κ1) is 33.6. The van der Waals surface area contributed by atoms with Gasteiger partial charge < -0.3 is 14.0 Å². The quantitative estimate of drug-likeness (QED) is 0.182. The summed E-state index contributed by atoms with van der Waals surface area (Å²) in [5.74, 6) is -1.03.